The molecular weight excluding hydrogens is 466 g/mol. The summed E-state index contributed by atoms with van der Waals surface area (Å²) in [5.74, 6) is 6.45. The van der Waals surface area contributed by atoms with Crippen LogP contribution < -0.4 is 10.9 Å². The van der Waals surface area contributed by atoms with Crippen molar-refractivity contribution in [2.24, 2.45) is 5.92 Å². The Labute approximate surface area is 207 Å². The summed E-state index contributed by atoms with van der Waals surface area (Å²) in [6, 6.07) is 3.47. The number of piperidine rings is 1. The molecule has 2 aromatic heterocycles. The largest absolute Gasteiger partial charge is 0.444 e. The number of halogens is 2. The smallest absolute Gasteiger partial charge is 0.410 e. The Morgan fingerprint density at radius 2 is 2.03 bits per heavy atom. The number of aromatic amines is 1. The molecule has 1 aliphatic carbocycles. The zero-order valence-electron chi connectivity index (χ0n) is 20.5. The van der Waals surface area contributed by atoms with Crippen molar-refractivity contribution in [2.75, 3.05) is 18.4 Å². The molecule has 1 aromatic carbocycles. The van der Waals surface area contributed by atoms with Crippen molar-refractivity contribution < 1.29 is 18.3 Å². The van der Waals surface area contributed by atoms with Gasteiger partial charge in [-0.15, -0.1) is 0 Å². The molecule has 0 spiro atoms. The van der Waals surface area contributed by atoms with Crippen molar-refractivity contribution in [3.05, 3.63) is 46.1 Å². The molecular formula is C27H28F2N4O3. The maximum absolute atomic E-state index is 15.2. The van der Waals surface area contributed by atoms with E-state index >= 15 is 4.39 Å². The van der Waals surface area contributed by atoms with Gasteiger partial charge in [-0.25, -0.2) is 18.6 Å². The minimum Gasteiger partial charge on any atom is -0.444 e. The van der Waals surface area contributed by atoms with Crippen molar-refractivity contribution in [3.8, 4) is 11.8 Å². The van der Waals surface area contributed by atoms with Crippen molar-refractivity contribution in [1.82, 2.24) is 14.9 Å². The number of carbonyl (C=O) groups is 1. The maximum Gasteiger partial charge on any atom is 0.410 e. The van der Waals surface area contributed by atoms with E-state index in [0.29, 0.717) is 46.6 Å². The van der Waals surface area contributed by atoms with Crippen LogP contribution in [0.1, 0.15) is 45.6 Å². The zero-order chi connectivity index (χ0) is 25.6. The lowest BCUT2D eigenvalue weighted by Gasteiger charge is -2.36. The van der Waals surface area contributed by atoms with Crippen LogP contribution in [0.4, 0.5) is 19.4 Å². The molecule has 1 aliphatic heterocycles. The summed E-state index contributed by atoms with van der Waals surface area (Å²) in [4.78, 5) is 33.9. The molecule has 36 heavy (non-hydrogen) atoms. The number of hydrogen-bond donors (Lipinski definition) is 2. The molecule has 188 valence electrons. The van der Waals surface area contributed by atoms with Gasteiger partial charge < -0.3 is 19.9 Å². The molecule has 0 radical (unpaired) electrons. The van der Waals surface area contributed by atoms with Gasteiger partial charge in [-0.2, -0.15) is 0 Å². The van der Waals surface area contributed by atoms with Crippen molar-refractivity contribution in [2.45, 2.75) is 57.8 Å². The number of H-pyrrole nitrogens is 1. The van der Waals surface area contributed by atoms with Gasteiger partial charge in [-0.1, -0.05) is 11.8 Å². The molecule has 2 atom stereocenters. The van der Waals surface area contributed by atoms with E-state index in [1.165, 1.54) is 29.3 Å². The molecule has 2 N–H and O–H groups in total. The molecule has 1 amide bonds. The number of anilines is 1. The number of carbonyl (C=O) groups excluding carboxylic acids is 1. The predicted octanol–water partition coefficient (Wildman–Crippen LogP) is 4.74. The van der Waals surface area contributed by atoms with Crippen LogP contribution in [0, 0.1) is 23.6 Å². The summed E-state index contributed by atoms with van der Waals surface area (Å²) in [6.45, 7) is 5.48. The van der Waals surface area contributed by atoms with Crippen LogP contribution in [-0.4, -0.2) is 51.9 Å². The second-order valence-electron chi connectivity index (χ2n) is 10.4. The molecule has 5 rings (SSSR count). The average molecular weight is 495 g/mol. The number of fused-ring (bicyclic) bond motifs is 3. The third-order valence-electron chi connectivity index (χ3n) is 6.30. The summed E-state index contributed by atoms with van der Waals surface area (Å²) in [6.07, 6.45) is 2.00. The third-order valence-corrected chi connectivity index (χ3v) is 6.30. The van der Waals surface area contributed by atoms with Gasteiger partial charge in [0.15, 0.2) is 0 Å². The number of pyridine rings is 2. The summed E-state index contributed by atoms with van der Waals surface area (Å²) in [5.41, 5.74) is -0.193. The van der Waals surface area contributed by atoms with E-state index in [4.69, 9.17) is 9.72 Å². The fraction of sp³-hybridized carbons (Fsp3) is 0.444. The lowest BCUT2D eigenvalue weighted by atomic mass is 10.0. The highest BCUT2D eigenvalue weighted by Gasteiger charge is 2.34. The Balaban J connectivity index is 1.50. The highest BCUT2D eigenvalue weighted by Crippen LogP contribution is 2.32. The lowest BCUT2D eigenvalue weighted by Crippen LogP contribution is -2.51. The van der Waals surface area contributed by atoms with E-state index in [-0.39, 0.29) is 11.9 Å². The molecule has 1 saturated heterocycles. The predicted molar refractivity (Wildman–Crippen MR) is 134 cm³/mol. The van der Waals surface area contributed by atoms with Gasteiger partial charge >= 0.3 is 6.09 Å². The Morgan fingerprint density at radius 3 is 2.72 bits per heavy atom. The minimum absolute atomic E-state index is 0.121. The summed E-state index contributed by atoms with van der Waals surface area (Å²) in [7, 11) is 0. The molecule has 3 heterocycles. The topological polar surface area (TPSA) is 87.3 Å². The minimum atomic E-state index is -1.38. The Morgan fingerprint density at radius 1 is 1.25 bits per heavy atom. The fourth-order valence-electron chi connectivity index (χ4n) is 4.34. The molecule has 9 heteroatoms. The number of ether oxygens (including phenoxy) is 1. The highest BCUT2D eigenvalue weighted by molar-refractivity contribution is 6.10. The first-order valence-electron chi connectivity index (χ1n) is 12.1. The van der Waals surface area contributed by atoms with Crippen molar-refractivity contribution in [3.63, 3.8) is 0 Å². The second-order valence-corrected chi connectivity index (χ2v) is 10.4. The zero-order valence-corrected chi connectivity index (χ0v) is 20.5. The van der Waals surface area contributed by atoms with Crippen LogP contribution in [0.5, 0.6) is 0 Å². The normalized spacial score (nSPS) is 20.2. The molecule has 2 aliphatic rings. The van der Waals surface area contributed by atoms with Gasteiger partial charge in [0, 0.05) is 29.4 Å². The monoisotopic (exact) mass is 494 g/mol. The number of nitrogens with zero attached hydrogens (tertiary/aromatic N) is 2. The second kappa shape index (κ2) is 9.08. The molecule has 7 nitrogen and oxygen atoms in total. The van der Waals surface area contributed by atoms with Crippen LogP contribution in [0.2, 0.25) is 0 Å². The van der Waals surface area contributed by atoms with E-state index in [2.05, 4.69) is 22.1 Å². The first-order chi connectivity index (χ1) is 17.1. The number of hydrogen-bond acceptors (Lipinski definition) is 5. The van der Waals surface area contributed by atoms with Gasteiger partial charge in [-0.3, -0.25) is 4.79 Å². The Bertz CT molecular complexity index is 1460. The Kier molecular flexibility index (Phi) is 6.07. The molecule has 2 unspecified atom stereocenters. The van der Waals surface area contributed by atoms with Crippen LogP contribution in [0.15, 0.2) is 29.2 Å². The third kappa shape index (κ3) is 4.99. The molecule has 1 saturated carbocycles. The van der Waals surface area contributed by atoms with Gasteiger partial charge in [0.1, 0.15) is 23.4 Å². The van der Waals surface area contributed by atoms with Crippen molar-refractivity contribution in [1.29, 1.82) is 0 Å². The van der Waals surface area contributed by atoms with E-state index in [1.54, 1.807) is 20.8 Å². The number of likely N-dealkylation sites (tertiary alicyclic amines) is 1. The summed E-state index contributed by atoms with van der Waals surface area (Å²) < 4.78 is 34.9. The quantitative estimate of drug-likeness (QED) is 0.397. The fourth-order valence-corrected chi connectivity index (χ4v) is 4.34. The number of benzene rings is 1. The van der Waals surface area contributed by atoms with E-state index in [1.807, 2.05) is 0 Å². The average Bonchev–Trinajstić information content (AvgIpc) is 3.63. The van der Waals surface area contributed by atoms with Gasteiger partial charge in [0.2, 0.25) is 0 Å². The standard InChI is InChI=1S/C27H28F2N4O3/c1-27(2,3)36-26(35)33-11-10-21(20(29)14-33)31-24-18-9-8-17(28)12-19(18)22-23(32-24)16(13-30-25(22)34)7-6-15-4-5-15/h8-9,12-13,15,20-21H,4-5,10-11,14H2,1-3H3,(H,30,34)(H,31,32). The number of nitrogens with one attached hydrogen (secondary N) is 2. The van der Waals surface area contributed by atoms with Gasteiger partial charge in [0.05, 0.1) is 29.1 Å². The lowest BCUT2D eigenvalue weighted by molar-refractivity contribution is 0.0125. The molecule has 0 bridgehead atoms. The first-order valence-corrected chi connectivity index (χ1v) is 12.1. The van der Waals surface area contributed by atoms with E-state index < -0.39 is 35.3 Å². The first kappa shape index (κ1) is 24.0. The Hall–Kier alpha value is -3.67. The molecule has 2 fully saturated rings. The van der Waals surface area contributed by atoms with Crippen LogP contribution in [0.3, 0.4) is 0 Å². The van der Waals surface area contributed by atoms with Crippen LogP contribution in [0.25, 0.3) is 21.7 Å². The van der Waals surface area contributed by atoms with E-state index in [9.17, 15) is 14.0 Å². The highest BCUT2D eigenvalue weighted by atomic mass is 19.1. The summed E-state index contributed by atoms with van der Waals surface area (Å²) in [5, 5.41) is 4.29. The van der Waals surface area contributed by atoms with Gasteiger partial charge in [-0.05, 0) is 58.2 Å². The van der Waals surface area contributed by atoms with Crippen molar-refractivity contribution >= 4 is 33.6 Å². The van der Waals surface area contributed by atoms with E-state index in [0.717, 1.165) is 12.8 Å². The SMILES string of the molecule is CC(C)(C)OC(=O)N1CCC(Nc2nc3c(C#CC4CC4)c[nH]c(=O)c3c3cc(F)ccc23)C(F)C1. The number of rotatable bonds is 2. The maximum atomic E-state index is 15.2. The van der Waals surface area contributed by atoms with Gasteiger partial charge in [0.25, 0.3) is 5.56 Å². The molecule has 3 aromatic rings. The number of aromatic nitrogens is 2. The number of alkyl halides is 1. The van der Waals surface area contributed by atoms with Crippen LogP contribution >= 0.6 is 0 Å². The summed E-state index contributed by atoms with van der Waals surface area (Å²) >= 11 is 0. The van der Waals surface area contributed by atoms with Crippen LogP contribution in [-0.2, 0) is 4.74 Å². The number of amides is 1.